The summed E-state index contributed by atoms with van der Waals surface area (Å²) >= 11 is 5.94. The van der Waals surface area contributed by atoms with Crippen LogP contribution in [0.4, 0.5) is 0 Å². The average molecular weight is 226 g/mol. The van der Waals surface area contributed by atoms with Crippen molar-refractivity contribution >= 4 is 11.6 Å². The molecular formula is C12H16ClNO. The van der Waals surface area contributed by atoms with Crippen molar-refractivity contribution in [1.82, 2.24) is 5.32 Å². The minimum Gasteiger partial charge on any atom is -0.395 e. The van der Waals surface area contributed by atoms with Crippen molar-refractivity contribution in [1.29, 1.82) is 0 Å². The number of nitrogens with one attached hydrogen (secondary N) is 1. The molecule has 3 heteroatoms. The van der Waals surface area contributed by atoms with Crippen molar-refractivity contribution in [3.63, 3.8) is 0 Å². The van der Waals surface area contributed by atoms with Crippen LogP contribution in [-0.2, 0) is 6.42 Å². The van der Waals surface area contributed by atoms with Gasteiger partial charge in [0, 0.05) is 17.1 Å². The van der Waals surface area contributed by atoms with Gasteiger partial charge in [-0.15, -0.1) is 0 Å². The van der Waals surface area contributed by atoms with Crippen LogP contribution in [0.15, 0.2) is 18.2 Å². The number of rotatable bonds is 3. The van der Waals surface area contributed by atoms with Crippen molar-refractivity contribution in [3.8, 4) is 0 Å². The zero-order valence-electron chi connectivity index (χ0n) is 8.83. The third-order valence-corrected chi connectivity index (χ3v) is 3.18. The fourth-order valence-electron chi connectivity index (χ4n) is 2.16. The van der Waals surface area contributed by atoms with E-state index in [2.05, 4.69) is 11.4 Å². The molecule has 2 nitrogen and oxygen atoms in total. The Kier molecular flexibility index (Phi) is 3.29. The van der Waals surface area contributed by atoms with Gasteiger partial charge in [0.05, 0.1) is 6.61 Å². The maximum absolute atomic E-state index is 9.00. The Morgan fingerprint density at radius 3 is 3.13 bits per heavy atom. The highest BCUT2D eigenvalue weighted by Crippen LogP contribution is 2.32. The van der Waals surface area contributed by atoms with Gasteiger partial charge >= 0.3 is 0 Å². The van der Waals surface area contributed by atoms with Crippen molar-refractivity contribution in [2.75, 3.05) is 6.61 Å². The van der Waals surface area contributed by atoms with Crippen molar-refractivity contribution in [2.24, 2.45) is 0 Å². The highest BCUT2D eigenvalue weighted by molar-refractivity contribution is 6.30. The van der Waals surface area contributed by atoms with E-state index in [0.717, 1.165) is 17.9 Å². The number of hydrogen-bond donors (Lipinski definition) is 2. The van der Waals surface area contributed by atoms with Gasteiger partial charge in [0.25, 0.3) is 0 Å². The van der Waals surface area contributed by atoms with E-state index < -0.39 is 0 Å². The van der Waals surface area contributed by atoms with Gasteiger partial charge in [-0.3, -0.25) is 0 Å². The molecule has 0 amide bonds. The van der Waals surface area contributed by atoms with Gasteiger partial charge in [-0.1, -0.05) is 17.7 Å². The van der Waals surface area contributed by atoms with E-state index in [-0.39, 0.29) is 12.6 Å². The fourth-order valence-corrected chi connectivity index (χ4v) is 2.35. The average Bonchev–Trinajstić information content (AvgIpc) is 2.60. The lowest BCUT2D eigenvalue weighted by molar-refractivity contribution is 0.240. The Hall–Kier alpha value is -0.570. The van der Waals surface area contributed by atoms with Crippen LogP contribution in [-0.4, -0.2) is 17.8 Å². The third-order valence-electron chi connectivity index (χ3n) is 2.94. The smallest absolute Gasteiger partial charge is 0.0582 e. The number of halogens is 1. The monoisotopic (exact) mass is 225 g/mol. The Balaban J connectivity index is 2.14. The van der Waals surface area contributed by atoms with E-state index in [1.807, 2.05) is 19.1 Å². The minimum atomic E-state index is 0.150. The predicted molar refractivity (Wildman–Crippen MR) is 62.2 cm³/mol. The van der Waals surface area contributed by atoms with Crippen molar-refractivity contribution < 1.29 is 5.11 Å². The molecule has 0 spiro atoms. The summed E-state index contributed by atoms with van der Waals surface area (Å²) in [7, 11) is 0. The van der Waals surface area contributed by atoms with E-state index in [0.29, 0.717) is 6.04 Å². The first-order chi connectivity index (χ1) is 7.20. The van der Waals surface area contributed by atoms with E-state index in [1.54, 1.807) is 0 Å². The highest BCUT2D eigenvalue weighted by Gasteiger charge is 2.23. The number of aliphatic hydroxyl groups excluding tert-OH is 1. The second-order valence-electron chi connectivity index (χ2n) is 4.18. The standard InChI is InChI=1S/C12H16ClNO/c1-8(7-15)14-12-5-2-9-6-10(13)3-4-11(9)12/h3-4,6,8,12,14-15H,2,5,7H2,1H3. The van der Waals surface area contributed by atoms with Crippen molar-refractivity contribution in [3.05, 3.63) is 34.3 Å². The molecule has 1 aromatic rings. The summed E-state index contributed by atoms with van der Waals surface area (Å²) in [6, 6.07) is 6.59. The van der Waals surface area contributed by atoms with E-state index in [1.165, 1.54) is 11.1 Å². The summed E-state index contributed by atoms with van der Waals surface area (Å²) in [5, 5.41) is 13.2. The Morgan fingerprint density at radius 1 is 1.60 bits per heavy atom. The Bertz CT molecular complexity index is 353. The number of hydrogen-bond acceptors (Lipinski definition) is 2. The predicted octanol–water partition coefficient (Wildman–Crippen LogP) is 2.30. The van der Waals surface area contributed by atoms with Crippen LogP contribution in [0, 0.1) is 0 Å². The molecular weight excluding hydrogens is 210 g/mol. The molecule has 0 aliphatic heterocycles. The normalized spacial score (nSPS) is 21.4. The molecule has 2 atom stereocenters. The Labute approximate surface area is 95.3 Å². The third kappa shape index (κ3) is 2.33. The first kappa shape index (κ1) is 10.9. The van der Waals surface area contributed by atoms with Crippen LogP contribution in [0.25, 0.3) is 0 Å². The minimum absolute atomic E-state index is 0.150. The first-order valence-corrected chi connectivity index (χ1v) is 5.73. The molecule has 2 unspecified atom stereocenters. The molecule has 0 saturated heterocycles. The Morgan fingerprint density at radius 2 is 2.40 bits per heavy atom. The van der Waals surface area contributed by atoms with Gasteiger partial charge in [0.15, 0.2) is 0 Å². The molecule has 82 valence electrons. The lowest BCUT2D eigenvalue weighted by Crippen LogP contribution is -2.32. The molecule has 1 aliphatic carbocycles. The fraction of sp³-hybridized carbons (Fsp3) is 0.500. The van der Waals surface area contributed by atoms with Crippen LogP contribution in [0.3, 0.4) is 0 Å². The number of aryl methyl sites for hydroxylation is 1. The molecule has 0 radical (unpaired) electrons. The number of fused-ring (bicyclic) bond motifs is 1. The summed E-state index contributed by atoms with van der Waals surface area (Å²) in [5.41, 5.74) is 2.67. The molecule has 2 N–H and O–H groups in total. The van der Waals surface area contributed by atoms with E-state index in [4.69, 9.17) is 16.7 Å². The summed E-state index contributed by atoms with van der Waals surface area (Å²) in [6.45, 7) is 2.17. The lowest BCUT2D eigenvalue weighted by Gasteiger charge is -2.18. The second kappa shape index (κ2) is 4.52. The van der Waals surface area contributed by atoms with Gasteiger partial charge < -0.3 is 10.4 Å². The van der Waals surface area contributed by atoms with Crippen LogP contribution in [0.2, 0.25) is 5.02 Å². The number of benzene rings is 1. The zero-order chi connectivity index (χ0) is 10.8. The second-order valence-corrected chi connectivity index (χ2v) is 4.62. The molecule has 0 bridgehead atoms. The quantitative estimate of drug-likeness (QED) is 0.828. The van der Waals surface area contributed by atoms with Gasteiger partial charge in [0.1, 0.15) is 0 Å². The topological polar surface area (TPSA) is 32.3 Å². The lowest BCUT2D eigenvalue weighted by atomic mass is 10.1. The molecule has 15 heavy (non-hydrogen) atoms. The first-order valence-electron chi connectivity index (χ1n) is 5.36. The highest BCUT2D eigenvalue weighted by atomic mass is 35.5. The summed E-state index contributed by atoms with van der Waals surface area (Å²) in [5.74, 6) is 0. The van der Waals surface area contributed by atoms with Gasteiger partial charge in [-0.05, 0) is 43.0 Å². The maximum atomic E-state index is 9.00. The molecule has 0 saturated carbocycles. The largest absolute Gasteiger partial charge is 0.395 e. The molecule has 0 aromatic heterocycles. The summed E-state index contributed by atoms with van der Waals surface area (Å²) < 4.78 is 0. The van der Waals surface area contributed by atoms with Gasteiger partial charge in [-0.25, -0.2) is 0 Å². The van der Waals surface area contributed by atoms with Crippen molar-refractivity contribution in [2.45, 2.75) is 31.8 Å². The van der Waals surface area contributed by atoms with E-state index >= 15 is 0 Å². The molecule has 0 fully saturated rings. The summed E-state index contributed by atoms with van der Waals surface area (Å²) in [4.78, 5) is 0. The van der Waals surface area contributed by atoms with E-state index in [9.17, 15) is 0 Å². The van der Waals surface area contributed by atoms with Crippen LogP contribution < -0.4 is 5.32 Å². The maximum Gasteiger partial charge on any atom is 0.0582 e. The molecule has 1 aliphatic rings. The van der Waals surface area contributed by atoms with Crippen LogP contribution >= 0.6 is 11.6 Å². The van der Waals surface area contributed by atoms with Crippen LogP contribution in [0.5, 0.6) is 0 Å². The van der Waals surface area contributed by atoms with Gasteiger partial charge in [-0.2, -0.15) is 0 Å². The SMILES string of the molecule is CC(CO)NC1CCc2cc(Cl)ccc21. The molecule has 2 rings (SSSR count). The van der Waals surface area contributed by atoms with Crippen LogP contribution in [0.1, 0.15) is 30.5 Å². The zero-order valence-corrected chi connectivity index (χ0v) is 9.59. The summed E-state index contributed by atoms with van der Waals surface area (Å²) in [6.07, 6.45) is 2.17. The number of aliphatic hydroxyl groups is 1. The molecule has 0 heterocycles. The van der Waals surface area contributed by atoms with Gasteiger partial charge in [0.2, 0.25) is 0 Å². The molecule has 1 aromatic carbocycles.